The van der Waals surface area contributed by atoms with E-state index >= 15 is 0 Å². The summed E-state index contributed by atoms with van der Waals surface area (Å²) < 4.78 is 10.3. The summed E-state index contributed by atoms with van der Waals surface area (Å²) in [7, 11) is 0. The molecule has 0 saturated carbocycles. The molecule has 0 amide bonds. The molecule has 0 spiro atoms. The summed E-state index contributed by atoms with van der Waals surface area (Å²) in [4.78, 5) is 28.1. The van der Waals surface area contributed by atoms with Gasteiger partial charge in [0.25, 0.3) is 0 Å². The molecular formula is C17H21NO4. The topological polar surface area (TPSA) is 69.4 Å². The fourth-order valence-corrected chi connectivity index (χ4v) is 2.55. The molecule has 5 nitrogen and oxygen atoms in total. The number of pyridine rings is 1. The number of fused-ring (bicyclic) bond motifs is 1. The van der Waals surface area contributed by atoms with Crippen molar-refractivity contribution in [3.63, 3.8) is 0 Å². The molecule has 0 N–H and O–H groups in total. The molecule has 0 aromatic carbocycles. The normalized spacial score (nSPS) is 10.9. The number of hydrogen-bond donors (Lipinski definition) is 0. The van der Waals surface area contributed by atoms with E-state index in [0.717, 1.165) is 30.2 Å². The third kappa shape index (κ3) is 3.18. The van der Waals surface area contributed by atoms with Gasteiger partial charge in [0.1, 0.15) is 0 Å². The Bertz CT molecular complexity index is 733. The lowest BCUT2D eigenvalue weighted by Gasteiger charge is -2.10. The highest BCUT2D eigenvalue weighted by atomic mass is 16.5. The number of rotatable bonds is 6. The molecular weight excluding hydrogens is 282 g/mol. The quantitative estimate of drug-likeness (QED) is 0.766. The summed E-state index contributed by atoms with van der Waals surface area (Å²) in [5.74, 6) is -0.414. The van der Waals surface area contributed by atoms with Crippen molar-refractivity contribution in [2.24, 2.45) is 0 Å². The first-order chi connectivity index (χ1) is 10.6. The predicted molar refractivity (Wildman–Crippen MR) is 84.2 cm³/mol. The molecule has 22 heavy (non-hydrogen) atoms. The van der Waals surface area contributed by atoms with Gasteiger partial charge >= 0.3 is 11.6 Å². The third-order valence-electron chi connectivity index (χ3n) is 3.49. The van der Waals surface area contributed by atoms with Crippen molar-refractivity contribution in [1.82, 2.24) is 4.98 Å². The zero-order valence-electron chi connectivity index (χ0n) is 13.3. The van der Waals surface area contributed by atoms with Crippen LogP contribution in [-0.2, 0) is 17.6 Å². The van der Waals surface area contributed by atoms with Crippen LogP contribution in [-0.4, -0.2) is 17.6 Å². The molecule has 0 unspecified atom stereocenters. The first kappa shape index (κ1) is 16.2. The molecule has 0 bridgehead atoms. The maximum atomic E-state index is 12.1. The molecule has 0 radical (unpaired) electrons. The highest BCUT2D eigenvalue weighted by Gasteiger charge is 2.16. The third-order valence-corrected chi connectivity index (χ3v) is 3.49. The second-order valence-electron chi connectivity index (χ2n) is 5.14. The van der Waals surface area contributed by atoms with Crippen molar-refractivity contribution in [3.8, 4) is 0 Å². The van der Waals surface area contributed by atoms with Crippen molar-refractivity contribution in [2.45, 2.75) is 46.5 Å². The van der Waals surface area contributed by atoms with Crippen LogP contribution >= 0.6 is 0 Å². The Labute approximate surface area is 129 Å². The number of esters is 1. The molecule has 2 heterocycles. The van der Waals surface area contributed by atoms with E-state index in [2.05, 4.69) is 11.9 Å². The average Bonchev–Trinajstić information content (AvgIpc) is 2.50. The Kier molecular flexibility index (Phi) is 5.31. The molecule has 5 heteroatoms. The Morgan fingerprint density at radius 2 is 1.86 bits per heavy atom. The van der Waals surface area contributed by atoms with E-state index < -0.39 is 5.97 Å². The van der Waals surface area contributed by atoms with Gasteiger partial charge in [-0.25, -0.2) is 14.6 Å². The second kappa shape index (κ2) is 7.20. The fraction of sp³-hybridized carbons (Fsp3) is 0.471. The number of aromatic nitrogens is 1. The first-order valence-corrected chi connectivity index (χ1v) is 7.74. The van der Waals surface area contributed by atoms with Gasteiger partial charge in [0.05, 0.1) is 12.2 Å². The lowest BCUT2D eigenvalue weighted by molar-refractivity contribution is 0.0526. The fourth-order valence-electron chi connectivity index (χ4n) is 2.55. The molecule has 0 saturated heterocycles. The van der Waals surface area contributed by atoms with Crippen molar-refractivity contribution in [1.29, 1.82) is 0 Å². The van der Waals surface area contributed by atoms with Crippen LogP contribution in [0.2, 0.25) is 0 Å². The van der Waals surface area contributed by atoms with Gasteiger partial charge < -0.3 is 9.15 Å². The number of nitrogens with zero attached hydrogens (tertiary/aromatic N) is 1. The largest absolute Gasteiger partial charge is 0.462 e. The summed E-state index contributed by atoms with van der Waals surface area (Å²) in [6.07, 6.45) is 4.57. The van der Waals surface area contributed by atoms with Gasteiger partial charge in [0, 0.05) is 17.1 Å². The summed E-state index contributed by atoms with van der Waals surface area (Å²) in [6, 6.07) is 1.72. The molecule has 0 aliphatic heterocycles. The van der Waals surface area contributed by atoms with E-state index in [1.807, 2.05) is 6.92 Å². The second-order valence-corrected chi connectivity index (χ2v) is 5.14. The van der Waals surface area contributed by atoms with Gasteiger partial charge in [0.15, 0.2) is 0 Å². The molecule has 2 rings (SSSR count). The van der Waals surface area contributed by atoms with Crippen molar-refractivity contribution in [3.05, 3.63) is 39.4 Å². The SMILES string of the molecule is CCCc1c(CCC)c2cc(C(=O)OCC)cnc2oc1=O. The highest BCUT2D eigenvalue weighted by molar-refractivity contribution is 5.93. The maximum absolute atomic E-state index is 12.1. The monoisotopic (exact) mass is 303 g/mol. The molecule has 0 atom stereocenters. The Balaban J connectivity index is 2.67. The van der Waals surface area contributed by atoms with Gasteiger partial charge in [-0.2, -0.15) is 0 Å². The summed E-state index contributed by atoms with van der Waals surface area (Å²) in [6.45, 7) is 6.14. The summed E-state index contributed by atoms with van der Waals surface area (Å²) in [5, 5.41) is 0.732. The van der Waals surface area contributed by atoms with Crippen LogP contribution in [0.3, 0.4) is 0 Å². The minimum absolute atomic E-state index is 0.279. The molecule has 0 fully saturated rings. The lowest BCUT2D eigenvalue weighted by Crippen LogP contribution is -2.13. The summed E-state index contributed by atoms with van der Waals surface area (Å²) >= 11 is 0. The minimum Gasteiger partial charge on any atom is -0.462 e. The number of carbonyl (C=O) groups is 1. The van der Waals surface area contributed by atoms with Gasteiger partial charge in [-0.15, -0.1) is 0 Å². The standard InChI is InChI=1S/C17H21NO4/c1-4-7-12-13(8-5-2)17(20)22-15-14(12)9-11(10-18-15)16(19)21-6-3/h9-10H,4-8H2,1-3H3. The van der Waals surface area contributed by atoms with Crippen LogP contribution in [0.25, 0.3) is 11.1 Å². The zero-order chi connectivity index (χ0) is 16.1. The van der Waals surface area contributed by atoms with Crippen LogP contribution in [0.5, 0.6) is 0 Å². The van der Waals surface area contributed by atoms with E-state index in [9.17, 15) is 9.59 Å². The van der Waals surface area contributed by atoms with Crippen molar-refractivity contribution >= 4 is 17.1 Å². The van der Waals surface area contributed by atoms with Crippen LogP contribution in [0.1, 0.15) is 55.1 Å². The van der Waals surface area contributed by atoms with Crippen LogP contribution < -0.4 is 5.63 Å². The van der Waals surface area contributed by atoms with Crippen LogP contribution in [0.4, 0.5) is 0 Å². The van der Waals surface area contributed by atoms with E-state index in [4.69, 9.17) is 9.15 Å². The van der Waals surface area contributed by atoms with E-state index in [0.29, 0.717) is 24.2 Å². The van der Waals surface area contributed by atoms with Crippen molar-refractivity contribution in [2.75, 3.05) is 6.61 Å². The average molecular weight is 303 g/mol. The van der Waals surface area contributed by atoms with E-state index in [1.54, 1.807) is 13.0 Å². The number of carbonyl (C=O) groups excluding carboxylic acids is 1. The summed E-state index contributed by atoms with van der Waals surface area (Å²) in [5.41, 5.74) is 1.97. The number of hydrogen-bond acceptors (Lipinski definition) is 5. The molecule has 2 aromatic rings. The molecule has 0 aliphatic rings. The predicted octanol–water partition coefficient (Wildman–Crippen LogP) is 3.27. The molecule has 118 valence electrons. The maximum Gasteiger partial charge on any atom is 0.341 e. The van der Waals surface area contributed by atoms with Crippen LogP contribution in [0, 0.1) is 0 Å². The van der Waals surface area contributed by atoms with Crippen LogP contribution in [0.15, 0.2) is 21.5 Å². The number of ether oxygens (including phenoxy) is 1. The Morgan fingerprint density at radius 3 is 2.50 bits per heavy atom. The number of aryl methyl sites for hydroxylation is 1. The first-order valence-electron chi connectivity index (χ1n) is 7.74. The smallest absolute Gasteiger partial charge is 0.341 e. The van der Waals surface area contributed by atoms with Gasteiger partial charge in [-0.3, -0.25) is 0 Å². The Morgan fingerprint density at radius 1 is 1.18 bits per heavy atom. The molecule has 0 aliphatic carbocycles. The van der Waals surface area contributed by atoms with E-state index in [1.165, 1.54) is 6.20 Å². The highest BCUT2D eigenvalue weighted by Crippen LogP contribution is 2.22. The lowest BCUT2D eigenvalue weighted by atomic mass is 9.98. The van der Waals surface area contributed by atoms with Gasteiger partial charge in [-0.05, 0) is 31.4 Å². The van der Waals surface area contributed by atoms with Crippen molar-refractivity contribution < 1.29 is 13.9 Å². The zero-order valence-corrected chi connectivity index (χ0v) is 13.3. The Hall–Kier alpha value is -2.17. The molecule has 2 aromatic heterocycles. The van der Waals surface area contributed by atoms with Gasteiger partial charge in [0.2, 0.25) is 5.71 Å². The minimum atomic E-state index is -0.414. The van der Waals surface area contributed by atoms with Gasteiger partial charge in [-0.1, -0.05) is 26.7 Å². The van der Waals surface area contributed by atoms with E-state index in [-0.39, 0.29) is 11.3 Å².